The Morgan fingerprint density at radius 2 is 2.00 bits per heavy atom. The zero-order valence-electron chi connectivity index (χ0n) is 11.5. The van der Waals surface area contributed by atoms with E-state index in [1.165, 1.54) is 10.4 Å². The van der Waals surface area contributed by atoms with Gasteiger partial charge >= 0.3 is 0 Å². The summed E-state index contributed by atoms with van der Waals surface area (Å²) in [6, 6.07) is 3.50. The lowest BCUT2D eigenvalue weighted by atomic mass is 9.97. The van der Waals surface area contributed by atoms with E-state index in [2.05, 4.69) is 21.2 Å². The standard InChI is InChI=1S/C13H16BrFN2O3S/c1-16-13(18)9-4-6-17(7-5-9)21(19,20)12-3-2-10(15)8-11(12)14/h2-3,8-9H,4-7H2,1H3,(H,16,18). The molecule has 1 aliphatic heterocycles. The van der Waals surface area contributed by atoms with Crippen LogP contribution in [-0.2, 0) is 14.8 Å². The Hall–Kier alpha value is -0.990. The van der Waals surface area contributed by atoms with Gasteiger partial charge in [0.15, 0.2) is 0 Å². The number of nitrogens with zero attached hydrogens (tertiary/aromatic N) is 1. The van der Waals surface area contributed by atoms with E-state index >= 15 is 0 Å². The number of hydrogen-bond acceptors (Lipinski definition) is 3. The SMILES string of the molecule is CNC(=O)C1CCN(S(=O)(=O)c2ccc(F)cc2Br)CC1. The number of carbonyl (C=O) groups excluding carboxylic acids is 1. The second-order valence-corrected chi connectivity index (χ2v) is 7.63. The first-order valence-electron chi connectivity index (χ1n) is 6.53. The molecule has 5 nitrogen and oxygen atoms in total. The van der Waals surface area contributed by atoms with Crippen LogP contribution in [0, 0.1) is 11.7 Å². The molecule has 0 saturated carbocycles. The second-order valence-electron chi connectivity index (χ2n) is 4.87. The van der Waals surface area contributed by atoms with Gasteiger partial charge in [0.05, 0.1) is 4.90 Å². The van der Waals surface area contributed by atoms with Crippen molar-refractivity contribution in [3.05, 3.63) is 28.5 Å². The minimum Gasteiger partial charge on any atom is -0.359 e. The molecule has 1 aromatic rings. The summed E-state index contributed by atoms with van der Waals surface area (Å²) in [5, 5.41) is 2.58. The third kappa shape index (κ3) is 3.44. The fourth-order valence-electron chi connectivity index (χ4n) is 2.39. The van der Waals surface area contributed by atoms with E-state index in [0.29, 0.717) is 12.8 Å². The van der Waals surface area contributed by atoms with Crippen LogP contribution in [0.2, 0.25) is 0 Å². The fourth-order valence-corrected chi connectivity index (χ4v) is 4.87. The maximum Gasteiger partial charge on any atom is 0.244 e. The van der Waals surface area contributed by atoms with Crippen molar-refractivity contribution in [2.75, 3.05) is 20.1 Å². The zero-order chi connectivity index (χ0) is 15.6. The average molecular weight is 379 g/mol. The minimum absolute atomic E-state index is 0.0438. The number of sulfonamides is 1. The summed E-state index contributed by atoms with van der Waals surface area (Å²) >= 11 is 3.09. The summed E-state index contributed by atoms with van der Waals surface area (Å²) in [6.07, 6.45) is 0.968. The van der Waals surface area contributed by atoms with Crippen molar-refractivity contribution >= 4 is 31.9 Å². The number of rotatable bonds is 3. The summed E-state index contributed by atoms with van der Waals surface area (Å²) < 4.78 is 39.7. The number of amides is 1. The van der Waals surface area contributed by atoms with Crippen molar-refractivity contribution in [2.24, 2.45) is 5.92 Å². The predicted octanol–water partition coefficient (Wildman–Crippen LogP) is 1.73. The lowest BCUT2D eigenvalue weighted by Gasteiger charge is -2.30. The van der Waals surface area contributed by atoms with Crippen molar-refractivity contribution in [1.82, 2.24) is 9.62 Å². The van der Waals surface area contributed by atoms with E-state index in [4.69, 9.17) is 0 Å². The third-order valence-corrected chi connectivity index (χ3v) is 6.46. The highest BCUT2D eigenvalue weighted by molar-refractivity contribution is 9.10. The number of halogens is 2. The van der Waals surface area contributed by atoms with E-state index in [9.17, 15) is 17.6 Å². The summed E-state index contributed by atoms with van der Waals surface area (Å²) in [5.41, 5.74) is 0. The van der Waals surface area contributed by atoms with Gasteiger partial charge in [0.25, 0.3) is 0 Å². The van der Waals surface area contributed by atoms with Crippen molar-refractivity contribution in [3.8, 4) is 0 Å². The Morgan fingerprint density at radius 3 is 2.52 bits per heavy atom. The molecule has 0 spiro atoms. The number of nitrogens with one attached hydrogen (secondary N) is 1. The molecule has 0 unspecified atom stereocenters. The van der Waals surface area contributed by atoms with Crippen LogP contribution in [-0.4, -0.2) is 38.8 Å². The van der Waals surface area contributed by atoms with E-state index in [1.54, 1.807) is 7.05 Å². The summed E-state index contributed by atoms with van der Waals surface area (Å²) in [4.78, 5) is 11.6. The molecule has 1 saturated heterocycles. The summed E-state index contributed by atoms with van der Waals surface area (Å²) in [5.74, 6) is -0.715. The number of hydrogen-bond donors (Lipinski definition) is 1. The molecule has 0 radical (unpaired) electrons. The van der Waals surface area contributed by atoms with Crippen LogP contribution in [0.25, 0.3) is 0 Å². The summed E-state index contributed by atoms with van der Waals surface area (Å²) in [6.45, 7) is 0.564. The van der Waals surface area contributed by atoms with Crippen LogP contribution in [0.3, 0.4) is 0 Å². The Labute approximate surface area is 131 Å². The van der Waals surface area contributed by atoms with E-state index < -0.39 is 15.8 Å². The highest BCUT2D eigenvalue weighted by Gasteiger charge is 2.32. The maximum absolute atomic E-state index is 13.1. The summed E-state index contributed by atoms with van der Waals surface area (Å²) in [7, 11) is -2.11. The highest BCUT2D eigenvalue weighted by Crippen LogP contribution is 2.29. The van der Waals surface area contributed by atoms with Gasteiger partial charge in [0, 0.05) is 30.5 Å². The van der Waals surface area contributed by atoms with Crippen molar-refractivity contribution < 1.29 is 17.6 Å². The van der Waals surface area contributed by atoms with Crippen LogP contribution >= 0.6 is 15.9 Å². The Bertz CT molecular complexity index is 643. The minimum atomic E-state index is -3.68. The molecule has 21 heavy (non-hydrogen) atoms. The van der Waals surface area contributed by atoms with Gasteiger partial charge in [-0.05, 0) is 47.0 Å². The molecular formula is C13H16BrFN2O3S. The maximum atomic E-state index is 13.1. The van der Waals surface area contributed by atoms with Crippen molar-refractivity contribution in [1.29, 1.82) is 0 Å². The number of piperidine rings is 1. The Balaban J connectivity index is 2.17. The second kappa shape index (κ2) is 6.41. The molecule has 1 fully saturated rings. The first kappa shape index (κ1) is 16.4. The van der Waals surface area contributed by atoms with E-state index in [0.717, 1.165) is 12.1 Å². The highest BCUT2D eigenvalue weighted by atomic mass is 79.9. The van der Waals surface area contributed by atoms with Crippen molar-refractivity contribution in [3.63, 3.8) is 0 Å². The molecule has 1 amide bonds. The quantitative estimate of drug-likeness (QED) is 0.870. The lowest BCUT2D eigenvalue weighted by Crippen LogP contribution is -2.42. The monoisotopic (exact) mass is 378 g/mol. The average Bonchev–Trinajstić information content (AvgIpc) is 2.46. The van der Waals surface area contributed by atoms with Crippen LogP contribution in [0.1, 0.15) is 12.8 Å². The fraction of sp³-hybridized carbons (Fsp3) is 0.462. The third-order valence-electron chi connectivity index (χ3n) is 3.58. The van der Waals surface area contributed by atoms with Gasteiger partial charge in [-0.3, -0.25) is 4.79 Å². The van der Waals surface area contributed by atoms with Gasteiger partial charge in [0.1, 0.15) is 5.82 Å². The van der Waals surface area contributed by atoms with Gasteiger partial charge in [-0.1, -0.05) is 0 Å². The van der Waals surface area contributed by atoms with E-state index in [-0.39, 0.29) is 34.3 Å². The van der Waals surface area contributed by atoms with E-state index in [1.807, 2.05) is 0 Å². The smallest absolute Gasteiger partial charge is 0.244 e. The van der Waals surface area contributed by atoms with Crippen molar-refractivity contribution in [2.45, 2.75) is 17.7 Å². The van der Waals surface area contributed by atoms with Crippen LogP contribution in [0.5, 0.6) is 0 Å². The van der Waals surface area contributed by atoms with Gasteiger partial charge < -0.3 is 5.32 Å². The van der Waals surface area contributed by atoms with Crippen LogP contribution < -0.4 is 5.32 Å². The largest absolute Gasteiger partial charge is 0.359 e. The Morgan fingerprint density at radius 1 is 1.38 bits per heavy atom. The molecule has 0 atom stereocenters. The van der Waals surface area contributed by atoms with Gasteiger partial charge in [-0.15, -0.1) is 0 Å². The topological polar surface area (TPSA) is 66.5 Å². The predicted molar refractivity (Wildman–Crippen MR) is 79.6 cm³/mol. The number of benzene rings is 1. The molecule has 0 aromatic heterocycles. The first-order valence-corrected chi connectivity index (χ1v) is 8.76. The normalized spacial score (nSPS) is 17.7. The number of carbonyl (C=O) groups is 1. The molecular weight excluding hydrogens is 363 g/mol. The molecule has 1 N–H and O–H groups in total. The lowest BCUT2D eigenvalue weighted by molar-refractivity contribution is -0.125. The molecule has 0 aliphatic carbocycles. The zero-order valence-corrected chi connectivity index (χ0v) is 13.9. The van der Waals surface area contributed by atoms with Gasteiger partial charge in [0.2, 0.25) is 15.9 Å². The Kier molecular flexibility index (Phi) is 5.00. The van der Waals surface area contributed by atoms with Crippen LogP contribution in [0.4, 0.5) is 4.39 Å². The molecule has 1 aliphatic rings. The van der Waals surface area contributed by atoms with Gasteiger partial charge in [-0.2, -0.15) is 4.31 Å². The molecule has 1 aromatic carbocycles. The molecule has 8 heteroatoms. The van der Waals surface area contributed by atoms with Crippen LogP contribution in [0.15, 0.2) is 27.6 Å². The van der Waals surface area contributed by atoms with Gasteiger partial charge in [-0.25, -0.2) is 12.8 Å². The first-order chi connectivity index (χ1) is 9.86. The molecule has 1 heterocycles. The molecule has 116 valence electrons. The molecule has 0 bridgehead atoms. The molecule has 2 rings (SSSR count).